The highest BCUT2D eigenvalue weighted by molar-refractivity contribution is 14.1. The van der Waals surface area contributed by atoms with Gasteiger partial charge >= 0.3 is 0 Å². The first-order valence-electron chi connectivity index (χ1n) is 6.90. The minimum atomic E-state index is 0.120. The number of nitrogens with one attached hydrogen (secondary N) is 1. The lowest BCUT2D eigenvalue weighted by atomic mass is 9.96. The lowest BCUT2D eigenvalue weighted by Gasteiger charge is -2.23. The molecular weight excluding hydrogens is 441 g/mol. The normalized spacial score (nSPS) is 12.2. The number of halogens is 2. The van der Waals surface area contributed by atoms with Crippen molar-refractivity contribution in [3.8, 4) is 5.75 Å². The lowest BCUT2D eigenvalue weighted by molar-refractivity contribution is 0.404. The summed E-state index contributed by atoms with van der Waals surface area (Å²) in [5.74, 6) is 0.918. The second-order valence-corrected chi connectivity index (χ2v) is 6.87. The molecule has 2 aromatic carbocycles. The van der Waals surface area contributed by atoms with E-state index in [-0.39, 0.29) is 6.04 Å². The van der Waals surface area contributed by atoms with Crippen molar-refractivity contribution < 1.29 is 4.74 Å². The van der Waals surface area contributed by atoms with E-state index < -0.39 is 0 Å². The van der Waals surface area contributed by atoms with Gasteiger partial charge < -0.3 is 10.1 Å². The van der Waals surface area contributed by atoms with Gasteiger partial charge in [-0.05, 0) is 65.4 Å². The highest BCUT2D eigenvalue weighted by atomic mass is 127. The molecule has 2 aromatic rings. The van der Waals surface area contributed by atoms with E-state index in [4.69, 9.17) is 4.74 Å². The molecule has 1 atom stereocenters. The van der Waals surface area contributed by atoms with E-state index in [1.54, 1.807) is 7.11 Å². The first-order chi connectivity index (χ1) is 10.1. The molecule has 112 valence electrons. The predicted molar refractivity (Wildman–Crippen MR) is 100 cm³/mol. The summed E-state index contributed by atoms with van der Waals surface area (Å²) in [6.07, 6.45) is 0. The Balaban J connectivity index is 2.58. The molecule has 0 fully saturated rings. The van der Waals surface area contributed by atoms with Crippen LogP contribution in [0.25, 0.3) is 0 Å². The zero-order chi connectivity index (χ0) is 15.4. The number of rotatable bonds is 5. The molecule has 0 aliphatic heterocycles. The quantitative estimate of drug-likeness (QED) is 0.630. The van der Waals surface area contributed by atoms with Gasteiger partial charge in [-0.15, -0.1) is 0 Å². The minimum absolute atomic E-state index is 0.120. The predicted octanol–water partition coefficient (Wildman–Crippen LogP) is 5.07. The molecule has 0 aliphatic carbocycles. The molecule has 0 aliphatic rings. The summed E-state index contributed by atoms with van der Waals surface area (Å²) in [6, 6.07) is 12.8. The Morgan fingerprint density at radius 2 is 1.95 bits per heavy atom. The summed E-state index contributed by atoms with van der Waals surface area (Å²) in [4.78, 5) is 0. The lowest BCUT2D eigenvalue weighted by Crippen LogP contribution is -2.23. The Morgan fingerprint density at radius 3 is 2.57 bits per heavy atom. The largest absolute Gasteiger partial charge is 0.496 e. The maximum atomic E-state index is 5.61. The summed E-state index contributed by atoms with van der Waals surface area (Å²) in [5.41, 5.74) is 3.60. The second-order valence-electron chi connectivity index (χ2n) is 4.86. The molecule has 4 heteroatoms. The summed E-state index contributed by atoms with van der Waals surface area (Å²) >= 11 is 6.02. The third-order valence-corrected chi connectivity index (χ3v) is 5.28. The first-order valence-corrected chi connectivity index (χ1v) is 8.77. The Labute approximate surface area is 148 Å². The molecule has 1 unspecified atom stereocenters. The van der Waals surface area contributed by atoms with Gasteiger partial charge in [0.25, 0.3) is 0 Å². The fraction of sp³-hybridized carbons (Fsp3) is 0.294. The van der Waals surface area contributed by atoms with Crippen LogP contribution in [0.5, 0.6) is 5.75 Å². The number of hydrogen-bond donors (Lipinski definition) is 1. The van der Waals surface area contributed by atoms with Gasteiger partial charge in [-0.25, -0.2) is 0 Å². The van der Waals surface area contributed by atoms with E-state index in [1.807, 2.05) is 0 Å². The summed E-state index contributed by atoms with van der Waals surface area (Å²) < 4.78 is 7.96. The zero-order valence-corrected chi connectivity index (χ0v) is 16.2. The molecule has 0 amide bonds. The molecule has 0 bridgehead atoms. The van der Waals surface area contributed by atoms with E-state index in [0.717, 1.165) is 22.3 Å². The van der Waals surface area contributed by atoms with E-state index in [2.05, 4.69) is 94.1 Å². The third kappa shape index (κ3) is 3.79. The van der Waals surface area contributed by atoms with Crippen LogP contribution in [0, 0.1) is 10.5 Å². The van der Waals surface area contributed by atoms with Crippen LogP contribution in [0.3, 0.4) is 0 Å². The number of aryl methyl sites for hydroxylation is 1. The molecule has 2 nitrogen and oxygen atoms in total. The maximum absolute atomic E-state index is 5.61. The average molecular weight is 460 g/mol. The average Bonchev–Trinajstić information content (AvgIpc) is 2.48. The van der Waals surface area contributed by atoms with E-state index in [0.29, 0.717) is 0 Å². The van der Waals surface area contributed by atoms with Gasteiger partial charge in [0.15, 0.2) is 0 Å². The Hall–Kier alpha value is -0.590. The van der Waals surface area contributed by atoms with Crippen LogP contribution >= 0.6 is 38.5 Å². The molecular formula is C17H19BrINO. The van der Waals surface area contributed by atoms with Gasteiger partial charge in [-0.1, -0.05) is 41.1 Å². The van der Waals surface area contributed by atoms with Crippen LogP contribution in [-0.4, -0.2) is 13.7 Å². The summed E-state index contributed by atoms with van der Waals surface area (Å²) in [6.45, 7) is 5.09. The summed E-state index contributed by atoms with van der Waals surface area (Å²) in [7, 11) is 1.73. The van der Waals surface area contributed by atoms with Crippen LogP contribution in [0.4, 0.5) is 0 Å². The molecule has 0 heterocycles. The molecule has 0 saturated carbocycles. The van der Waals surface area contributed by atoms with Gasteiger partial charge in [-0.3, -0.25) is 0 Å². The van der Waals surface area contributed by atoms with Crippen LogP contribution < -0.4 is 10.1 Å². The van der Waals surface area contributed by atoms with Crippen molar-refractivity contribution in [3.05, 3.63) is 61.1 Å². The Bertz CT molecular complexity index is 630. The highest BCUT2D eigenvalue weighted by Crippen LogP contribution is 2.35. The van der Waals surface area contributed by atoms with Crippen molar-refractivity contribution in [2.24, 2.45) is 0 Å². The molecule has 1 N–H and O–H groups in total. The van der Waals surface area contributed by atoms with Crippen LogP contribution in [0.2, 0.25) is 0 Å². The van der Waals surface area contributed by atoms with Gasteiger partial charge in [-0.2, -0.15) is 0 Å². The van der Waals surface area contributed by atoms with E-state index >= 15 is 0 Å². The number of hydrogen-bond acceptors (Lipinski definition) is 2. The monoisotopic (exact) mass is 459 g/mol. The van der Waals surface area contributed by atoms with Crippen LogP contribution in [0.15, 0.2) is 40.9 Å². The number of benzene rings is 2. The fourth-order valence-electron chi connectivity index (χ4n) is 2.37. The smallest absolute Gasteiger partial charge is 0.124 e. The van der Waals surface area contributed by atoms with Crippen molar-refractivity contribution in [2.45, 2.75) is 19.9 Å². The van der Waals surface area contributed by atoms with Crippen molar-refractivity contribution in [2.75, 3.05) is 13.7 Å². The van der Waals surface area contributed by atoms with Gasteiger partial charge in [0.1, 0.15) is 5.75 Å². The molecule has 21 heavy (non-hydrogen) atoms. The van der Waals surface area contributed by atoms with Gasteiger partial charge in [0.05, 0.1) is 13.2 Å². The molecule has 2 rings (SSSR count). The Kier molecular flexibility index (Phi) is 6.08. The topological polar surface area (TPSA) is 21.3 Å². The van der Waals surface area contributed by atoms with Gasteiger partial charge in [0.2, 0.25) is 0 Å². The van der Waals surface area contributed by atoms with E-state index in [1.165, 1.54) is 14.7 Å². The highest BCUT2D eigenvalue weighted by Gasteiger charge is 2.20. The SMILES string of the molecule is CCNC(c1ccccc1I)c1cc(Br)c(C)cc1OC. The molecule has 0 radical (unpaired) electrons. The summed E-state index contributed by atoms with van der Waals surface area (Å²) in [5, 5.41) is 3.57. The van der Waals surface area contributed by atoms with Crippen LogP contribution in [-0.2, 0) is 0 Å². The number of methoxy groups -OCH3 is 1. The van der Waals surface area contributed by atoms with Crippen molar-refractivity contribution in [1.82, 2.24) is 5.32 Å². The van der Waals surface area contributed by atoms with Crippen molar-refractivity contribution >= 4 is 38.5 Å². The second kappa shape index (κ2) is 7.61. The van der Waals surface area contributed by atoms with E-state index in [9.17, 15) is 0 Å². The third-order valence-electron chi connectivity index (χ3n) is 3.45. The molecule has 0 saturated heterocycles. The maximum Gasteiger partial charge on any atom is 0.124 e. The zero-order valence-electron chi connectivity index (χ0n) is 12.4. The number of ether oxygens (including phenoxy) is 1. The Morgan fingerprint density at radius 1 is 1.24 bits per heavy atom. The fourth-order valence-corrected chi connectivity index (χ4v) is 3.43. The molecule has 0 spiro atoms. The van der Waals surface area contributed by atoms with Crippen molar-refractivity contribution in [3.63, 3.8) is 0 Å². The molecule has 0 aromatic heterocycles. The van der Waals surface area contributed by atoms with Crippen molar-refractivity contribution in [1.29, 1.82) is 0 Å². The first kappa shape index (κ1) is 16.8. The van der Waals surface area contributed by atoms with Gasteiger partial charge in [0, 0.05) is 13.6 Å². The van der Waals surface area contributed by atoms with Crippen LogP contribution in [0.1, 0.15) is 29.7 Å². The standard InChI is InChI=1S/C17H19BrINO/c1-4-20-17(12-7-5-6-8-15(12)19)13-10-14(18)11(2)9-16(13)21-3/h5-10,17,20H,4H2,1-3H3. The minimum Gasteiger partial charge on any atom is -0.496 e.